The van der Waals surface area contributed by atoms with Crippen molar-refractivity contribution in [3.8, 4) is 0 Å². The third-order valence-electron chi connectivity index (χ3n) is 5.43. The lowest BCUT2D eigenvalue weighted by molar-refractivity contribution is 0.0190. The number of rotatable bonds is 1. The van der Waals surface area contributed by atoms with Gasteiger partial charge in [-0.25, -0.2) is 4.79 Å². The highest BCUT2D eigenvalue weighted by molar-refractivity contribution is 7.91. The van der Waals surface area contributed by atoms with Gasteiger partial charge in [0.15, 0.2) is 0 Å². The second-order valence-electron chi connectivity index (χ2n) is 9.78. The zero-order valence-electron chi connectivity index (χ0n) is 17.9. The molecule has 154 valence electrons. The minimum atomic E-state index is -1.29. The summed E-state index contributed by atoms with van der Waals surface area (Å²) in [5.74, 6) is 0. The molecule has 1 heterocycles. The van der Waals surface area contributed by atoms with Crippen LogP contribution in [0.5, 0.6) is 0 Å². The Balaban J connectivity index is 1.87. The minimum absolute atomic E-state index is 0.226. The van der Waals surface area contributed by atoms with Gasteiger partial charge in [-0.3, -0.25) is 0 Å². The van der Waals surface area contributed by atoms with Gasteiger partial charge in [-0.2, -0.15) is 0 Å². The van der Waals surface area contributed by atoms with Crippen molar-refractivity contribution in [2.24, 2.45) is 4.40 Å². The van der Waals surface area contributed by atoms with E-state index in [-0.39, 0.29) is 16.3 Å². The van der Waals surface area contributed by atoms with Crippen LogP contribution in [0.4, 0.5) is 4.79 Å². The van der Waals surface area contributed by atoms with Crippen LogP contribution in [-0.2, 0) is 27.9 Å². The standard InChI is InChI=1S/C22H32N2O3S/c1-20(2,3)27-19(25)24-13-11-22(12-14-24)17-10-8-7-9-16(17)15-18(22)23-28(26)21(4,5)6/h7-10H,11-15H2,1-6H3/b23-18-/t28-/m1/s1. The lowest BCUT2D eigenvalue weighted by Gasteiger charge is -2.40. The van der Waals surface area contributed by atoms with Gasteiger partial charge in [-0.15, -0.1) is 0 Å². The molecule has 1 aromatic carbocycles. The molecule has 0 unspecified atom stereocenters. The van der Waals surface area contributed by atoms with Crippen LogP contribution < -0.4 is 0 Å². The molecular weight excluding hydrogens is 372 g/mol. The van der Waals surface area contributed by atoms with Gasteiger partial charge in [0.1, 0.15) is 21.7 Å². The van der Waals surface area contributed by atoms with E-state index in [1.54, 1.807) is 4.90 Å². The van der Waals surface area contributed by atoms with Gasteiger partial charge in [-0.05, 0) is 65.5 Å². The fourth-order valence-corrected chi connectivity index (χ4v) is 4.67. The highest BCUT2D eigenvalue weighted by atomic mass is 32.2. The number of carbonyl (C=O) groups is 1. The molecule has 3 rings (SSSR count). The molecule has 0 N–H and O–H groups in total. The third kappa shape index (κ3) is 4.23. The van der Waals surface area contributed by atoms with Gasteiger partial charge in [0.05, 0.1) is 5.71 Å². The van der Waals surface area contributed by atoms with Gasteiger partial charge in [0.2, 0.25) is 0 Å². The predicted octanol–water partition coefficient (Wildman–Crippen LogP) is 4.41. The molecule has 1 aliphatic carbocycles. The van der Waals surface area contributed by atoms with E-state index in [9.17, 15) is 9.35 Å². The van der Waals surface area contributed by atoms with Crippen molar-refractivity contribution >= 4 is 23.2 Å². The van der Waals surface area contributed by atoms with E-state index in [1.807, 2.05) is 47.6 Å². The minimum Gasteiger partial charge on any atom is -0.591 e. The van der Waals surface area contributed by atoms with E-state index in [0.29, 0.717) is 13.1 Å². The first-order valence-corrected chi connectivity index (χ1v) is 11.1. The van der Waals surface area contributed by atoms with Crippen molar-refractivity contribution in [1.82, 2.24) is 4.90 Å². The monoisotopic (exact) mass is 404 g/mol. The Labute approximate surface area is 171 Å². The number of hydrogen-bond acceptors (Lipinski definition) is 4. The van der Waals surface area contributed by atoms with Gasteiger partial charge >= 0.3 is 6.09 Å². The summed E-state index contributed by atoms with van der Waals surface area (Å²) in [4.78, 5) is 14.3. The highest BCUT2D eigenvalue weighted by Gasteiger charge is 2.48. The number of ether oxygens (including phenoxy) is 1. The normalized spacial score (nSPS) is 21.7. The van der Waals surface area contributed by atoms with Gasteiger partial charge < -0.3 is 14.2 Å². The van der Waals surface area contributed by atoms with E-state index in [2.05, 4.69) is 18.2 Å². The molecule has 28 heavy (non-hydrogen) atoms. The predicted molar refractivity (Wildman–Crippen MR) is 114 cm³/mol. The molecule has 0 bridgehead atoms. The number of carbonyl (C=O) groups excluding carboxylic acids is 1. The fraction of sp³-hybridized carbons (Fsp3) is 0.636. The van der Waals surface area contributed by atoms with Crippen LogP contribution in [0.25, 0.3) is 0 Å². The molecule has 5 nitrogen and oxygen atoms in total. The Morgan fingerprint density at radius 3 is 2.32 bits per heavy atom. The van der Waals surface area contributed by atoms with Crippen molar-refractivity contribution in [3.05, 3.63) is 35.4 Å². The number of piperidine rings is 1. The second-order valence-corrected chi connectivity index (χ2v) is 11.7. The summed E-state index contributed by atoms with van der Waals surface area (Å²) in [6, 6.07) is 8.41. The number of likely N-dealkylation sites (tertiary alicyclic amines) is 1. The Hall–Kier alpha value is -1.53. The van der Waals surface area contributed by atoms with Gasteiger partial charge in [0.25, 0.3) is 0 Å². The first kappa shape index (κ1) is 21.2. The number of nitrogens with zero attached hydrogens (tertiary/aromatic N) is 2. The van der Waals surface area contributed by atoms with E-state index >= 15 is 0 Å². The van der Waals surface area contributed by atoms with Crippen molar-refractivity contribution in [3.63, 3.8) is 0 Å². The molecule has 1 aliphatic heterocycles. The maximum absolute atomic E-state index is 12.8. The van der Waals surface area contributed by atoms with Crippen LogP contribution in [0.2, 0.25) is 0 Å². The average Bonchev–Trinajstić information content (AvgIpc) is 2.87. The first-order valence-electron chi connectivity index (χ1n) is 9.99. The van der Waals surface area contributed by atoms with Crippen LogP contribution >= 0.6 is 0 Å². The molecule has 1 fully saturated rings. The zero-order chi connectivity index (χ0) is 20.7. The Bertz CT molecular complexity index is 769. The van der Waals surface area contributed by atoms with Crippen LogP contribution in [0.15, 0.2) is 28.7 Å². The molecule has 0 saturated carbocycles. The zero-order valence-corrected chi connectivity index (χ0v) is 18.7. The number of hydrogen-bond donors (Lipinski definition) is 0. The van der Waals surface area contributed by atoms with Crippen molar-refractivity contribution in [1.29, 1.82) is 0 Å². The summed E-state index contributed by atoms with van der Waals surface area (Å²) in [7, 11) is 0. The van der Waals surface area contributed by atoms with Crippen molar-refractivity contribution in [2.45, 2.75) is 76.6 Å². The van der Waals surface area contributed by atoms with E-state index in [4.69, 9.17) is 9.13 Å². The summed E-state index contributed by atoms with van der Waals surface area (Å²) >= 11 is -1.29. The SMILES string of the molecule is CC(C)(C)OC(=O)N1CCC2(CC1)/C(=N\[S@+]([O-])C(C)(C)C)Cc1ccccc12. The van der Waals surface area contributed by atoms with Crippen LogP contribution in [-0.4, -0.2) is 44.7 Å². The van der Waals surface area contributed by atoms with Gasteiger partial charge in [0, 0.05) is 24.9 Å². The quantitative estimate of drug-likeness (QED) is 0.651. The second kappa shape index (κ2) is 7.38. The summed E-state index contributed by atoms with van der Waals surface area (Å²) < 4.78 is 22.6. The molecule has 1 spiro atoms. The smallest absolute Gasteiger partial charge is 0.410 e. The summed E-state index contributed by atoms with van der Waals surface area (Å²) in [5.41, 5.74) is 2.82. The van der Waals surface area contributed by atoms with E-state index in [1.165, 1.54) is 11.1 Å². The summed E-state index contributed by atoms with van der Waals surface area (Å²) in [5, 5.41) is 0. The average molecular weight is 405 g/mol. The first-order chi connectivity index (χ1) is 12.9. The molecule has 0 radical (unpaired) electrons. The number of benzene rings is 1. The molecule has 0 aromatic heterocycles. The lowest BCUT2D eigenvalue weighted by atomic mass is 9.73. The largest absolute Gasteiger partial charge is 0.591 e. The third-order valence-corrected chi connectivity index (χ3v) is 6.86. The molecule has 1 saturated heterocycles. The molecular formula is C22H32N2O3S. The van der Waals surface area contributed by atoms with Crippen LogP contribution in [0, 0.1) is 0 Å². The number of amides is 1. The summed E-state index contributed by atoms with van der Waals surface area (Å²) in [6.07, 6.45) is 2.04. The van der Waals surface area contributed by atoms with E-state index in [0.717, 1.165) is 25.0 Å². The van der Waals surface area contributed by atoms with Crippen molar-refractivity contribution in [2.75, 3.05) is 13.1 Å². The fourth-order valence-electron chi connectivity index (χ4n) is 3.96. The Kier molecular flexibility index (Phi) is 5.58. The summed E-state index contributed by atoms with van der Waals surface area (Å²) in [6.45, 7) is 12.7. The molecule has 6 heteroatoms. The molecule has 1 amide bonds. The Morgan fingerprint density at radius 1 is 1.14 bits per heavy atom. The maximum atomic E-state index is 12.8. The maximum Gasteiger partial charge on any atom is 0.410 e. The van der Waals surface area contributed by atoms with Crippen molar-refractivity contribution < 1.29 is 14.1 Å². The molecule has 1 aromatic rings. The van der Waals surface area contributed by atoms with Crippen LogP contribution in [0.1, 0.15) is 65.5 Å². The van der Waals surface area contributed by atoms with E-state index < -0.39 is 17.0 Å². The number of fused-ring (bicyclic) bond motifs is 2. The molecule has 1 atom stereocenters. The Morgan fingerprint density at radius 2 is 1.75 bits per heavy atom. The topological polar surface area (TPSA) is 65.0 Å². The van der Waals surface area contributed by atoms with Crippen LogP contribution in [0.3, 0.4) is 0 Å². The lowest BCUT2D eigenvalue weighted by Crippen LogP contribution is -2.49. The highest BCUT2D eigenvalue weighted by Crippen LogP contribution is 2.45. The molecule has 2 aliphatic rings. The van der Waals surface area contributed by atoms with Gasteiger partial charge in [-0.1, -0.05) is 28.7 Å².